The van der Waals surface area contributed by atoms with E-state index in [1.54, 1.807) is 0 Å². The molecule has 0 spiro atoms. The third-order valence-electron chi connectivity index (χ3n) is 2.07. The van der Waals surface area contributed by atoms with Gasteiger partial charge in [0.05, 0.1) is 6.61 Å². The minimum Gasteiger partial charge on any atom is -0.422 e. The predicted molar refractivity (Wildman–Crippen MR) is 56.4 cm³/mol. The molecule has 0 amide bonds. The number of aliphatic hydroxyl groups excluding tert-OH is 2. The first-order chi connectivity index (χ1) is 8.08. The molecular weight excluding hydrogens is 228 g/mol. The third kappa shape index (κ3) is 3.44. The van der Waals surface area contributed by atoms with Crippen LogP contribution in [0.1, 0.15) is 12.6 Å². The molecule has 4 N–H and O–H groups in total. The molecular formula is C9H12N4O4. The van der Waals surface area contributed by atoms with Crippen molar-refractivity contribution in [2.45, 2.75) is 18.8 Å². The molecule has 92 valence electrons. The zero-order valence-electron chi connectivity index (χ0n) is 8.85. The van der Waals surface area contributed by atoms with E-state index in [0.29, 0.717) is 0 Å². The van der Waals surface area contributed by atoms with Crippen LogP contribution < -0.4 is 11.4 Å². The van der Waals surface area contributed by atoms with Crippen molar-refractivity contribution in [3.63, 3.8) is 0 Å². The summed E-state index contributed by atoms with van der Waals surface area (Å²) in [5.74, 6) is 0.0467. The van der Waals surface area contributed by atoms with Gasteiger partial charge in [-0.25, -0.2) is 4.79 Å². The molecule has 0 saturated heterocycles. The van der Waals surface area contributed by atoms with Crippen molar-refractivity contribution >= 4 is 5.82 Å². The average Bonchev–Trinajstić information content (AvgIpc) is 2.28. The molecule has 2 unspecified atom stereocenters. The SMILES string of the molecule is N#COC(CO)CC(O)n1ccc(N)nc1=O. The molecule has 2 atom stereocenters. The van der Waals surface area contributed by atoms with Gasteiger partial charge in [-0.2, -0.15) is 10.2 Å². The summed E-state index contributed by atoms with van der Waals surface area (Å²) in [6.45, 7) is -0.443. The molecule has 0 aromatic carbocycles. The Kier molecular flexibility index (Phi) is 4.45. The molecule has 1 aromatic heterocycles. The molecule has 1 aromatic rings. The fourth-order valence-corrected chi connectivity index (χ4v) is 1.24. The second-order valence-corrected chi connectivity index (χ2v) is 3.27. The van der Waals surface area contributed by atoms with E-state index in [9.17, 15) is 9.90 Å². The van der Waals surface area contributed by atoms with E-state index in [1.807, 2.05) is 0 Å². The van der Waals surface area contributed by atoms with Crippen LogP contribution in [0.4, 0.5) is 5.82 Å². The van der Waals surface area contributed by atoms with E-state index < -0.39 is 24.6 Å². The van der Waals surface area contributed by atoms with E-state index in [-0.39, 0.29) is 12.2 Å². The first-order valence-electron chi connectivity index (χ1n) is 4.76. The molecule has 8 heteroatoms. The lowest BCUT2D eigenvalue weighted by Crippen LogP contribution is -2.30. The Morgan fingerprint density at radius 2 is 2.41 bits per heavy atom. The van der Waals surface area contributed by atoms with E-state index in [4.69, 9.17) is 16.1 Å². The Bertz CT molecular complexity index is 467. The van der Waals surface area contributed by atoms with Gasteiger partial charge < -0.3 is 20.7 Å². The number of nitrogen functional groups attached to an aromatic ring is 1. The summed E-state index contributed by atoms with van der Waals surface area (Å²) in [6.07, 6.45) is 0.439. The number of aromatic nitrogens is 2. The van der Waals surface area contributed by atoms with Crippen LogP contribution in [-0.2, 0) is 4.74 Å². The van der Waals surface area contributed by atoms with Crippen LogP contribution in [0.5, 0.6) is 0 Å². The van der Waals surface area contributed by atoms with E-state index in [0.717, 1.165) is 4.57 Å². The molecule has 0 aliphatic rings. The highest BCUT2D eigenvalue weighted by Gasteiger charge is 2.17. The zero-order valence-corrected chi connectivity index (χ0v) is 8.85. The topological polar surface area (TPSA) is 134 Å². The van der Waals surface area contributed by atoms with Gasteiger partial charge in [-0.15, -0.1) is 0 Å². The summed E-state index contributed by atoms with van der Waals surface area (Å²) in [5.41, 5.74) is 4.57. The van der Waals surface area contributed by atoms with Gasteiger partial charge in [-0.05, 0) is 6.07 Å². The number of hydrogen-bond acceptors (Lipinski definition) is 7. The highest BCUT2D eigenvalue weighted by molar-refractivity contribution is 5.23. The summed E-state index contributed by atoms with van der Waals surface area (Å²) >= 11 is 0. The quantitative estimate of drug-likeness (QED) is 0.536. The molecule has 0 aliphatic carbocycles. The molecule has 0 fully saturated rings. The third-order valence-corrected chi connectivity index (χ3v) is 2.07. The number of nitriles is 1. The van der Waals surface area contributed by atoms with Gasteiger partial charge in [0, 0.05) is 12.6 Å². The lowest BCUT2D eigenvalue weighted by Gasteiger charge is -2.17. The van der Waals surface area contributed by atoms with Crippen LogP contribution in [0.2, 0.25) is 0 Å². The van der Waals surface area contributed by atoms with Crippen molar-refractivity contribution in [1.82, 2.24) is 9.55 Å². The second-order valence-electron chi connectivity index (χ2n) is 3.27. The first-order valence-corrected chi connectivity index (χ1v) is 4.76. The molecule has 0 radical (unpaired) electrons. The predicted octanol–water partition coefficient (Wildman–Crippen LogP) is -1.43. The van der Waals surface area contributed by atoms with Crippen molar-refractivity contribution in [3.8, 4) is 6.26 Å². The number of aliphatic hydroxyl groups is 2. The van der Waals surface area contributed by atoms with Crippen molar-refractivity contribution in [3.05, 3.63) is 22.7 Å². The monoisotopic (exact) mass is 240 g/mol. The standard InChI is InChI=1S/C9H12N4O4/c10-5-17-6(4-14)3-8(15)13-2-1-7(11)12-9(13)16/h1-2,6,8,14-15H,3-4H2,(H2,11,12,16). The lowest BCUT2D eigenvalue weighted by atomic mass is 10.2. The van der Waals surface area contributed by atoms with Gasteiger partial charge in [-0.1, -0.05) is 0 Å². The van der Waals surface area contributed by atoms with Gasteiger partial charge in [-0.3, -0.25) is 4.57 Å². The summed E-state index contributed by atoms with van der Waals surface area (Å²) in [5, 5.41) is 26.8. The Hall–Kier alpha value is -2.11. The van der Waals surface area contributed by atoms with Crippen molar-refractivity contribution in [1.29, 1.82) is 5.26 Å². The van der Waals surface area contributed by atoms with Crippen LogP contribution in [0.3, 0.4) is 0 Å². The Balaban J connectivity index is 2.79. The van der Waals surface area contributed by atoms with Gasteiger partial charge in [0.1, 0.15) is 18.1 Å². The smallest absolute Gasteiger partial charge is 0.351 e. The van der Waals surface area contributed by atoms with Crippen molar-refractivity contribution in [2.75, 3.05) is 12.3 Å². The number of nitrogens with zero attached hydrogens (tertiary/aromatic N) is 3. The minimum absolute atomic E-state index is 0.0467. The van der Waals surface area contributed by atoms with Gasteiger partial charge in [0.15, 0.2) is 0 Å². The van der Waals surface area contributed by atoms with Gasteiger partial charge in [0.2, 0.25) is 0 Å². The van der Waals surface area contributed by atoms with Crippen molar-refractivity contribution in [2.24, 2.45) is 0 Å². The number of ether oxygens (including phenoxy) is 1. The molecule has 1 rings (SSSR count). The molecule has 0 aliphatic heterocycles. The normalized spacial score (nSPS) is 13.7. The highest BCUT2D eigenvalue weighted by Crippen LogP contribution is 2.10. The summed E-state index contributed by atoms with van der Waals surface area (Å²) in [4.78, 5) is 14.8. The Morgan fingerprint density at radius 1 is 1.71 bits per heavy atom. The fourth-order valence-electron chi connectivity index (χ4n) is 1.24. The summed E-state index contributed by atoms with van der Waals surface area (Å²) < 4.78 is 5.41. The maximum absolute atomic E-state index is 11.4. The van der Waals surface area contributed by atoms with Gasteiger partial charge in [0.25, 0.3) is 6.26 Å². The molecule has 17 heavy (non-hydrogen) atoms. The average molecular weight is 240 g/mol. The highest BCUT2D eigenvalue weighted by atomic mass is 16.5. The molecule has 0 saturated carbocycles. The number of rotatable bonds is 5. The Morgan fingerprint density at radius 3 is 2.94 bits per heavy atom. The van der Waals surface area contributed by atoms with E-state index in [1.165, 1.54) is 18.5 Å². The van der Waals surface area contributed by atoms with Crippen molar-refractivity contribution < 1.29 is 14.9 Å². The van der Waals surface area contributed by atoms with Crippen LogP contribution >= 0.6 is 0 Å². The maximum atomic E-state index is 11.4. The van der Waals surface area contributed by atoms with Crippen LogP contribution in [0.25, 0.3) is 0 Å². The van der Waals surface area contributed by atoms with Crippen LogP contribution in [0.15, 0.2) is 17.1 Å². The maximum Gasteiger partial charge on any atom is 0.351 e. The zero-order chi connectivity index (χ0) is 12.8. The van der Waals surface area contributed by atoms with Crippen LogP contribution in [-0.4, -0.2) is 32.5 Å². The summed E-state index contributed by atoms with van der Waals surface area (Å²) in [6, 6.07) is 1.35. The minimum atomic E-state index is -1.25. The number of anilines is 1. The molecule has 8 nitrogen and oxygen atoms in total. The summed E-state index contributed by atoms with van der Waals surface area (Å²) in [7, 11) is 0. The number of nitrogens with two attached hydrogens (primary N) is 1. The largest absolute Gasteiger partial charge is 0.422 e. The second kappa shape index (κ2) is 5.83. The van der Waals surface area contributed by atoms with Crippen LogP contribution in [0, 0.1) is 11.5 Å². The Labute approximate surface area is 96.5 Å². The number of hydrogen-bond donors (Lipinski definition) is 3. The lowest BCUT2D eigenvalue weighted by molar-refractivity contribution is 0.00722. The molecule has 1 heterocycles. The molecule has 0 bridgehead atoms. The van der Waals surface area contributed by atoms with E-state index in [2.05, 4.69) is 9.72 Å². The first kappa shape index (κ1) is 13.0. The fraction of sp³-hybridized carbons (Fsp3) is 0.444. The van der Waals surface area contributed by atoms with E-state index >= 15 is 0 Å². The van der Waals surface area contributed by atoms with Gasteiger partial charge >= 0.3 is 5.69 Å².